The van der Waals surface area contributed by atoms with Gasteiger partial charge in [0.1, 0.15) is 6.33 Å². The van der Waals surface area contributed by atoms with Gasteiger partial charge < -0.3 is 5.32 Å². The van der Waals surface area contributed by atoms with Gasteiger partial charge in [-0.1, -0.05) is 0 Å². The highest BCUT2D eigenvalue weighted by atomic mass is 32.1. The summed E-state index contributed by atoms with van der Waals surface area (Å²) in [6.45, 7) is 2.44. The minimum atomic E-state index is -0.0373. The molecule has 5 heteroatoms. The van der Waals surface area contributed by atoms with Gasteiger partial charge in [0.05, 0.1) is 17.1 Å². The first-order valence-electron chi connectivity index (χ1n) is 6.36. The topological polar surface area (TPSA) is 54.9 Å². The molecule has 1 N–H and O–H groups in total. The molecule has 0 spiro atoms. The van der Waals surface area contributed by atoms with Gasteiger partial charge >= 0.3 is 0 Å². The number of nitrogens with zero attached hydrogens (tertiary/aromatic N) is 2. The highest BCUT2D eigenvalue weighted by molar-refractivity contribution is 7.12. The largest absolute Gasteiger partial charge is 0.346 e. The number of aromatic nitrogens is 2. The molecule has 0 bridgehead atoms. The van der Waals surface area contributed by atoms with Crippen LogP contribution >= 0.6 is 11.3 Å². The van der Waals surface area contributed by atoms with Gasteiger partial charge in [0.25, 0.3) is 5.91 Å². The molecule has 1 aliphatic rings. The molecule has 0 saturated heterocycles. The monoisotopic (exact) mass is 273 g/mol. The Labute approximate surface area is 115 Å². The van der Waals surface area contributed by atoms with Crippen molar-refractivity contribution in [3.05, 3.63) is 45.7 Å². The van der Waals surface area contributed by atoms with Crippen LogP contribution in [-0.2, 0) is 6.54 Å². The van der Waals surface area contributed by atoms with Crippen LogP contribution in [0.4, 0.5) is 0 Å². The molecular formula is C14H15N3OS. The number of rotatable bonds is 4. The van der Waals surface area contributed by atoms with Crippen LogP contribution in [0.15, 0.2) is 23.8 Å². The van der Waals surface area contributed by atoms with Crippen molar-refractivity contribution in [2.75, 3.05) is 0 Å². The zero-order valence-corrected chi connectivity index (χ0v) is 11.5. The summed E-state index contributed by atoms with van der Waals surface area (Å²) in [6, 6.07) is 3.90. The van der Waals surface area contributed by atoms with Crippen LogP contribution in [0.3, 0.4) is 0 Å². The third kappa shape index (κ3) is 2.98. The number of hydrogen-bond acceptors (Lipinski definition) is 4. The Morgan fingerprint density at radius 1 is 1.42 bits per heavy atom. The van der Waals surface area contributed by atoms with Gasteiger partial charge in [-0.15, -0.1) is 11.3 Å². The maximum Gasteiger partial charge on any atom is 0.261 e. The highest BCUT2D eigenvalue weighted by Gasteiger charge is 2.25. The second-order valence-electron chi connectivity index (χ2n) is 4.88. The average Bonchev–Trinajstić information content (AvgIpc) is 3.19. The molecule has 0 unspecified atom stereocenters. The van der Waals surface area contributed by atoms with Crippen LogP contribution in [0.25, 0.3) is 0 Å². The molecule has 1 aliphatic carbocycles. The first-order chi connectivity index (χ1) is 9.22. The van der Waals surface area contributed by atoms with Crippen molar-refractivity contribution < 1.29 is 4.79 Å². The summed E-state index contributed by atoms with van der Waals surface area (Å²) < 4.78 is 0. The lowest BCUT2D eigenvalue weighted by Gasteiger charge is -2.04. The van der Waals surface area contributed by atoms with E-state index in [1.165, 1.54) is 24.2 Å². The Hall–Kier alpha value is -1.75. The minimum Gasteiger partial charge on any atom is -0.346 e. The number of carbonyl (C=O) groups excluding carboxylic acids is 1. The Kier molecular flexibility index (Phi) is 3.29. The lowest BCUT2D eigenvalue weighted by atomic mass is 10.2. The van der Waals surface area contributed by atoms with Crippen LogP contribution in [-0.4, -0.2) is 15.9 Å². The smallest absolute Gasteiger partial charge is 0.261 e. The van der Waals surface area contributed by atoms with Gasteiger partial charge in [-0.3, -0.25) is 4.79 Å². The molecule has 1 saturated carbocycles. The summed E-state index contributed by atoms with van der Waals surface area (Å²) in [5.41, 5.74) is 3.10. The fourth-order valence-electron chi connectivity index (χ4n) is 1.92. The first kappa shape index (κ1) is 12.3. The Morgan fingerprint density at radius 2 is 2.26 bits per heavy atom. The average molecular weight is 273 g/mol. The summed E-state index contributed by atoms with van der Waals surface area (Å²) in [5, 5.41) is 4.87. The van der Waals surface area contributed by atoms with Crippen LogP contribution < -0.4 is 5.32 Å². The summed E-state index contributed by atoms with van der Waals surface area (Å²) in [7, 11) is 0. The van der Waals surface area contributed by atoms with Crippen molar-refractivity contribution >= 4 is 17.2 Å². The van der Waals surface area contributed by atoms with Crippen molar-refractivity contribution in [1.29, 1.82) is 0 Å². The Morgan fingerprint density at radius 3 is 2.95 bits per heavy atom. The van der Waals surface area contributed by atoms with E-state index in [0.717, 1.165) is 21.8 Å². The van der Waals surface area contributed by atoms with Crippen molar-refractivity contribution in [2.45, 2.75) is 32.2 Å². The third-order valence-corrected chi connectivity index (χ3v) is 4.17. The first-order valence-corrected chi connectivity index (χ1v) is 7.24. The summed E-state index contributed by atoms with van der Waals surface area (Å²) in [6.07, 6.45) is 4.03. The Bertz CT molecular complexity index is 604. The highest BCUT2D eigenvalue weighted by Crippen LogP contribution is 2.38. The van der Waals surface area contributed by atoms with E-state index in [2.05, 4.69) is 15.3 Å². The summed E-state index contributed by atoms with van der Waals surface area (Å²) >= 11 is 1.47. The van der Waals surface area contributed by atoms with E-state index in [0.29, 0.717) is 12.5 Å². The van der Waals surface area contributed by atoms with E-state index in [1.807, 2.05) is 24.4 Å². The quantitative estimate of drug-likeness (QED) is 0.931. The number of aryl methyl sites for hydroxylation is 1. The maximum atomic E-state index is 11.9. The zero-order valence-electron chi connectivity index (χ0n) is 10.7. The van der Waals surface area contributed by atoms with Crippen LogP contribution in [0.2, 0.25) is 0 Å². The molecule has 98 valence electrons. The van der Waals surface area contributed by atoms with E-state index in [9.17, 15) is 4.79 Å². The molecule has 4 nitrogen and oxygen atoms in total. The molecule has 19 heavy (non-hydrogen) atoms. The molecule has 0 aromatic carbocycles. The Balaban J connectivity index is 1.62. The van der Waals surface area contributed by atoms with Gasteiger partial charge in [0.2, 0.25) is 0 Å². The van der Waals surface area contributed by atoms with Gasteiger partial charge in [-0.05, 0) is 42.8 Å². The van der Waals surface area contributed by atoms with Crippen LogP contribution in [0.5, 0.6) is 0 Å². The zero-order chi connectivity index (χ0) is 13.2. The standard InChI is InChI=1S/C14H15N3OS/c1-9-4-13(19-7-9)14(18)15-6-11-5-12(10-2-3-10)17-8-16-11/h4-5,7-8,10H,2-3,6H2,1H3,(H,15,18). The molecule has 2 aromatic heterocycles. The molecule has 1 amide bonds. The minimum absolute atomic E-state index is 0.0373. The predicted molar refractivity (Wildman–Crippen MR) is 74.2 cm³/mol. The van der Waals surface area contributed by atoms with Crippen LogP contribution in [0.1, 0.15) is 45.4 Å². The van der Waals surface area contributed by atoms with E-state index in [4.69, 9.17) is 0 Å². The molecule has 3 rings (SSSR count). The lowest BCUT2D eigenvalue weighted by Crippen LogP contribution is -2.22. The van der Waals surface area contributed by atoms with Gasteiger partial charge in [0, 0.05) is 11.6 Å². The summed E-state index contributed by atoms with van der Waals surface area (Å²) in [5.74, 6) is 0.571. The van der Waals surface area contributed by atoms with Gasteiger partial charge in [0.15, 0.2) is 0 Å². The van der Waals surface area contributed by atoms with E-state index >= 15 is 0 Å². The van der Waals surface area contributed by atoms with Crippen LogP contribution in [0, 0.1) is 6.92 Å². The van der Waals surface area contributed by atoms with Gasteiger partial charge in [-0.2, -0.15) is 0 Å². The van der Waals surface area contributed by atoms with Crippen molar-refractivity contribution in [2.24, 2.45) is 0 Å². The molecular weight excluding hydrogens is 258 g/mol. The predicted octanol–water partition coefficient (Wildman–Crippen LogP) is 2.65. The van der Waals surface area contributed by atoms with E-state index in [1.54, 1.807) is 6.33 Å². The van der Waals surface area contributed by atoms with Crippen molar-refractivity contribution in [1.82, 2.24) is 15.3 Å². The summed E-state index contributed by atoms with van der Waals surface area (Å²) in [4.78, 5) is 21.1. The lowest BCUT2D eigenvalue weighted by molar-refractivity contribution is 0.0954. The number of thiophene rings is 1. The fraction of sp³-hybridized carbons (Fsp3) is 0.357. The molecule has 0 atom stereocenters. The molecule has 2 aromatic rings. The number of amides is 1. The van der Waals surface area contributed by atoms with Crippen molar-refractivity contribution in [3.63, 3.8) is 0 Å². The molecule has 1 fully saturated rings. The van der Waals surface area contributed by atoms with Gasteiger partial charge in [-0.25, -0.2) is 9.97 Å². The normalized spacial score (nSPS) is 14.4. The maximum absolute atomic E-state index is 11.9. The number of carbonyl (C=O) groups is 1. The number of hydrogen-bond donors (Lipinski definition) is 1. The third-order valence-electron chi connectivity index (χ3n) is 3.12. The second kappa shape index (κ2) is 5.09. The van der Waals surface area contributed by atoms with E-state index < -0.39 is 0 Å². The van der Waals surface area contributed by atoms with E-state index in [-0.39, 0.29) is 5.91 Å². The fourth-order valence-corrected chi connectivity index (χ4v) is 2.74. The molecule has 0 radical (unpaired) electrons. The molecule has 0 aliphatic heterocycles. The van der Waals surface area contributed by atoms with Crippen molar-refractivity contribution in [3.8, 4) is 0 Å². The SMILES string of the molecule is Cc1csc(C(=O)NCc2cc(C3CC3)ncn2)c1. The molecule has 2 heterocycles. The number of nitrogens with one attached hydrogen (secondary N) is 1. The second-order valence-corrected chi connectivity index (χ2v) is 5.79.